The van der Waals surface area contributed by atoms with Gasteiger partial charge in [-0.05, 0) is 72.9 Å². The van der Waals surface area contributed by atoms with E-state index in [1.54, 1.807) is 48.5 Å². The molecule has 0 bridgehead atoms. The first kappa shape index (κ1) is 24.0. The van der Waals surface area contributed by atoms with Crippen LogP contribution in [0.3, 0.4) is 0 Å². The summed E-state index contributed by atoms with van der Waals surface area (Å²) >= 11 is 0. The number of carbonyl (C=O) groups is 3. The minimum atomic E-state index is -0.851. The Morgan fingerprint density at radius 2 is 1.60 bits per heavy atom. The van der Waals surface area contributed by atoms with Crippen LogP contribution in [0.4, 0.5) is 5.69 Å². The number of aryl methyl sites for hydroxylation is 3. The third-order valence-electron chi connectivity index (χ3n) is 6.30. The number of carbonyl (C=O) groups excluding carboxylic acids is 3. The molecule has 0 aromatic heterocycles. The largest absolute Gasteiger partial charge is 0.507 e. The first-order valence-electron chi connectivity index (χ1n) is 11.5. The topological polar surface area (TPSA) is 83.9 Å². The molecule has 1 unspecified atom stereocenters. The molecule has 0 spiro atoms. The fraction of sp³-hybridized carbons (Fsp3) is 0.207. The lowest BCUT2D eigenvalue weighted by molar-refractivity contribution is -0.132. The first-order valence-corrected chi connectivity index (χ1v) is 11.5. The van der Waals surface area contributed by atoms with Gasteiger partial charge in [0, 0.05) is 18.2 Å². The second-order valence-corrected chi connectivity index (χ2v) is 8.65. The summed E-state index contributed by atoms with van der Waals surface area (Å²) in [7, 11) is 0. The van der Waals surface area contributed by atoms with Crippen LogP contribution < -0.4 is 9.64 Å². The number of ether oxygens (including phenoxy) is 1. The van der Waals surface area contributed by atoms with Gasteiger partial charge >= 0.3 is 5.97 Å². The van der Waals surface area contributed by atoms with Crippen LogP contribution in [-0.2, 0) is 20.8 Å². The lowest BCUT2D eigenvalue weighted by Crippen LogP contribution is -2.29. The van der Waals surface area contributed by atoms with E-state index >= 15 is 0 Å². The fourth-order valence-corrected chi connectivity index (χ4v) is 4.23. The Kier molecular flexibility index (Phi) is 6.56. The minimum Gasteiger partial charge on any atom is -0.507 e. The third-order valence-corrected chi connectivity index (χ3v) is 6.30. The number of esters is 1. The average molecular weight is 470 g/mol. The van der Waals surface area contributed by atoms with E-state index in [0.717, 1.165) is 23.1 Å². The number of aliphatic hydroxyl groups is 1. The van der Waals surface area contributed by atoms with E-state index in [9.17, 15) is 19.5 Å². The standard InChI is InChI=1S/C29H27NO5/c1-5-20-7-12-23(13-8-20)30-26(21-10-14-24(15-11-21)35-19(4)31)25(28(33)29(30)34)27(32)22-9-6-17(2)18(3)16-22/h6-16,26,32H,5H2,1-4H3/b27-25-. The number of anilines is 1. The Hall–Kier alpha value is -4.19. The van der Waals surface area contributed by atoms with Gasteiger partial charge in [-0.25, -0.2) is 0 Å². The molecule has 1 fully saturated rings. The van der Waals surface area contributed by atoms with E-state index in [1.807, 2.05) is 39.0 Å². The highest BCUT2D eigenvalue weighted by molar-refractivity contribution is 6.51. The number of hydrogen-bond acceptors (Lipinski definition) is 5. The maximum Gasteiger partial charge on any atom is 0.308 e. The van der Waals surface area contributed by atoms with Crippen LogP contribution in [-0.4, -0.2) is 22.8 Å². The normalized spacial score (nSPS) is 17.0. The zero-order chi connectivity index (χ0) is 25.3. The van der Waals surface area contributed by atoms with Crippen molar-refractivity contribution in [2.45, 2.75) is 40.2 Å². The van der Waals surface area contributed by atoms with Gasteiger partial charge in [-0.2, -0.15) is 0 Å². The molecule has 0 aliphatic carbocycles. The van der Waals surface area contributed by atoms with Gasteiger partial charge < -0.3 is 9.84 Å². The second kappa shape index (κ2) is 9.58. The molecule has 178 valence electrons. The summed E-state index contributed by atoms with van der Waals surface area (Å²) in [4.78, 5) is 39.3. The molecule has 1 saturated heterocycles. The second-order valence-electron chi connectivity index (χ2n) is 8.65. The monoisotopic (exact) mass is 469 g/mol. The number of Topliss-reactive ketones (excluding diaryl/α,β-unsaturated/α-hetero) is 1. The van der Waals surface area contributed by atoms with Crippen molar-refractivity contribution in [1.29, 1.82) is 0 Å². The molecule has 1 aliphatic heterocycles. The average Bonchev–Trinajstić information content (AvgIpc) is 3.11. The van der Waals surface area contributed by atoms with Crippen LogP contribution in [0.15, 0.2) is 72.3 Å². The molecule has 0 radical (unpaired) electrons. The minimum absolute atomic E-state index is 0.0121. The van der Waals surface area contributed by atoms with Crippen molar-refractivity contribution in [2.24, 2.45) is 0 Å². The molecule has 4 rings (SSSR count). The molecule has 6 nitrogen and oxygen atoms in total. The van der Waals surface area contributed by atoms with Crippen molar-refractivity contribution >= 4 is 29.1 Å². The number of aliphatic hydroxyl groups excluding tert-OH is 1. The summed E-state index contributed by atoms with van der Waals surface area (Å²) in [5, 5.41) is 11.3. The van der Waals surface area contributed by atoms with Crippen molar-refractivity contribution in [3.05, 3.63) is 100 Å². The molecular formula is C29H27NO5. The number of amides is 1. The van der Waals surface area contributed by atoms with Crippen molar-refractivity contribution in [1.82, 2.24) is 0 Å². The zero-order valence-electron chi connectivity index (χ0n) is 20.2. The molecule has 3 aromatic carbocycles. The van der Waals surface area contributed by atoms with Crippen molar-refractivity contribution in [3.63, 3.8) is 0 Å². The van der Waals surface area contributed by atoms with E-state index in [0.29, 0.717) is 22.6 Å². The van der Waals surface area contributed by atoms with Crippen LogP contribution in [0.25, 0.3) is 5.76 Å². The van der Waals surface area contributed by atoms with Crippen molar-refractivity contribution in [3.8, 4) is 5.75 Å². The fourth-order valence-electron chi connectivity index (χ4n) is 4.23. The highest BCUT2D eigenvalue weighted by Crippen LogP contribution is 2.42. The summed E-state index contributed by atoms with van der Waals surface area (Å²) in [6.07, 6.45) is 0.840. The molecule has 6 heteroatoms. The molecule has 0 saturated carbocycles. The zero-order valence-corrected chi connectivity index (χ0v) is 20.2. The van der Waals surface area contributed by atoms with E-state index in [-0.39, 0.29) is 11.3 Å². The molecule has 1 amide bonds. The van der Waals surface area contributed by atoms with E-state index in [2.05, 4.69) is 0 Å². The lowest BCUT2D eigenvalue weighted by atomic mass is 9.94. The number of ketones is 1. The summed E-state index contributed by atoms with van der Waals surface area (Å²) in [5.74, 6) is -1.80. The Morgan fingerprint density at radius 3 is 2.17 bits per heavy atom. The van der Waals surface area contributed by atoms with E-state index < -0.39 is 23.7 Å². The lowest BCUT2D eigenvalue weighted by Gasteiger charge is -2.26. The van der Waals surface area contributed by atoms with Crippen LogP contribution in [0.2, 0.25) is 0 Å². The van der Waals surface area contributed by atoms with Crippen LogP contribution in [0.5, 0.6) is 5.75 Å². The summed E-state index contributed by atoms with van der Waals surface area (Å²) in [5.41, 5.74) is 4.74. The Bertz CT molecular complexity index is 1340. The summed E-state index contributed by atoms with van der Waals surface area (Å²) in [6.45, 7) is 7.23. The summed E-state index contributed by atoms with van der Waals surface area (Å²) < 4.78 is 5.13. The highest BCUT2D eigenvalue weighted by Gasteiger charge is 2.47. The van der Waals surface area contributed by atoms with Crippen LogP contribution in [0, 0.1) is 13.8 Å². The summed E-state index contributed by atoms with van der Waals surface area (Å²) in [6, 6.07) is 18.6. The van der Waals surface area contributed by atoms with Gasteiger partial charge in [-0.1, -0.05) is 43.3 Å². The Balaban J connectivity index is 1.89. The van der Waals surface area contributed by atoms with Gasteiger partial charge in [0.05, 0.1) is 11.6 Å². The first-order chi connectivity index (χ1) is 16.7. The highest BCUT2D eigenvalue weighted by atomic mass is 16.5. The number of hydrogen-bond donors (Lipinski definition) is 1. The number of benzene rings is 3. The van der Waals surface area contributed by atoms with Crippen LogP contribution >= 0.6 is 0 Å². The molecule has 1 atom stereocenters. The van der Waals surface area contributed by atoms with Gasteiger partial charge in [0.1, 0.15) is 11.5 Å². The molecule has 1 aliphatic rings. The van der Waals surface area contributed by atoms with E-state index in [4.69, 9.17) is 4.74 Å². The Morgan fingerprint density at radius 1 is 0.943 bits per heavy atom. The number of rotatable bonds is 5. The van der Waals surface area contributed by atoms with E-state index in [1.165, 1.54) is 11.8 Å². The molecule has 3 aromatic rings. The predicted octanol–water partition coefficient (Wildman–Crippen LogP) is 5.42. The molecule has 1 N–H and O–H groups in total. The number of nitrogens with zero attached hydrogens (tertiary/aromatic N) is 1. The SMILES string of the molecule is CCc1ccc(N2C(=O)C(=O)/C(=C(\O)c3ccc(C)c(C)c3)C2c2ccc(OC(C)=O)cc2)cc1. The predicted molar refractivity (Wildman–Crippen MR) is 134 cm³/mol. The van der Waals surface area contributed by atoms with Gasteiger partial charge in [-0.15, -0.1) is 0 Å². The molecular weight excluding hydrogens is 442 g/mol. The third kappa shape index (κ3) is 4.60. The van der Waals surface area contributed by atoms with Crippen molar-refractivity contribution < 1.29 is 24.2 Å². The quantitative estimate of drug-likeness (QED) is 0.177. The van der Waals surface area contributed by atoms with Gasteiger partial charge in [0.2, 0.25) is 0 Å². The van der Waals surface area contributed by atoms with Crippen LogP contribution in [0.1, 0.15) is 47.7 Å². The maximum atomic E-state index is 13.3. The van der Waals surface area contributed by atoms with Gasteiger partial charge in [-0.3, -0.25) is 19.3 Å². The molecule has 1 heterocycles. The Labute approximate surface area is 204 Å². The van der Waals surface area contributed by atoms with Gasteiger partial charge in [0.15, 0.2) is 0 Å². The van der Waals surface area contributed by atoms with Crippen molar-refractivity contribution in [2.75, 3.05) is 4.90 Å². The smallest absolute Gasteiger partial charge is 0.308 e. The maximum absolute atomic E-state index is 13.3. The molecule has 35 heavy (non-hydrogen) atoms. The van der Waals surface area contributed by atoms with Gasteiger partial charge in [0.25, 0.3) is 11.7 Å².